The van der Waals surface area contributed by atoms with Gasteiger partial charge in [-0.25, -0.2) is 9.67 Å². The van der Waals surface area contributed by atoms with Gasteiger partial charge in [-0.1, -0.05) is 30.3 Å². The normalized spacial score (nSPS) is 17.0. The molecule has 6 heteroatoms. The van der Waals surface area contributed by atoms with E-state index in [1.54, 1.807) is 23.0 Å². The number of fused-ring (bicyclic) bond motifs is 8. The molecule has 2 aromatic carbocycles. The molecule has 2 N–H and O–H groups in total. The van der Waals surface area contributed by atoms with Crippen molar-refractivity contribution in [3.05, 3.63) is 89.2 Å². The number of aliphatic hydroxyl groups excluding tert-OH is 1. The highest BCUT2D eigenvalue weighted by molar-refractivity contribution is 5.97. The minimum atomic E-state index is -0.386. The Hall–Kier alpha value is -3.51. The van der Waals surface area contributed by atoms with Crippen molar-refractivity contribution in [1.29, 1.82) is 0 Å². The van der Waals surface area contributed by atoms with Gasteiger partial charge in [0.1, 0.15) is 0 Å². The Morgan fingerprint density at radius 2 is 1.75 bits per heavy atom. The number of hydrogen-bond acceptors (Lipinski definition) is 4. The van der Waals surface area contributed by atoms with E-state index in [9.17, 15) is 9.90 Å². The highest BCUT2D eigenvalue weighted by Crippen LogP contribution is 2.20. The summed E-state index contributed by atoms with van der Waals surface area (Å²) in [7, 11) is 0. The summed E-state index contributed by atoms with van der Waals surface area (Å²) in [5, 5.41) is 18.5. The zero-order valence-electron chi connectivity index (χ0n) is 17.9. The van der Waals surface area contributed by atoms with Gasteiger partial charge in [-0.05, 0) is 73.1 Å². The van der Waals surface area contributed by atoms with E-state index >= 15 is 0 Å². The second-order valence-corrected chi connectivity index (χ2v) is 8.42. The average molecular weight is 427 g/mol. The molecule has 0 radical (unpaired) electrons. The van der Waals surface area contributed by atoms with Crippen LogP contribution >= 0.6 is 0 Å². The van der Waals surface area contributed by atoms with Gasteiger partial charge in [0.05, 0.1) is 23.7 Å². The lowest BCUT2D eigenvalue weighted by Gasteiger charge is -2.17. The van der Waals surface area contributed by atoms with E-state index in [-0.39, 0.29) is 18.6 Å². The van der Waals surface area contributed by atoms with Gasteiger partial charge in [0.15, 0.2) is 5.82 Å². The number of aliphatic hydroxyl groups is 1. The highest BCUT2D eigenvalue weighted by atomic mass is 16.3. The first-order chi connectivity index (χ1) is 15.7. The molecule has 0 spiro atoms. The van der Waals surface area contributed by atoms with Gasteiger partial charge >= 0.3 is 0 Å². The second kappa shape index (κ2) is 8.93. The molecule has 162 valence electrons. The lowest BCUT2D eigenvalue weighted by molar-refractivity contribution is 0.0916. The Balaban J connectivity index is 1.55. The number of rotatable bonds is 1. The molecule has 6 rings (SSSR count). The van der Waals surface area contributed by atoms with Gasteiger partial charge in [-0.3, -0.25) is 4.79 Å². The van der Waals surface area contributed by atoms with Crippen LogP contribution in [0.25, 0.3) is 16.7 Å². The largest absolute Gasteiger partial charge is 0.394 e. The molecule has 4 heterocycles. The number of carbonyl (C=O) groups excluding carboxylic acids is 1. The van der Waals surface area contributed by atoms with Crippen LogP contribution < -0.4 is 5.32 Å². The number of carbonyl (C=O) groups is 1. The fourth-order valence-corrected chi connectivity index (χ4v) is 4.31. The Morgan fingerprint density at radius 3 is 2.56 bits per heavy atom. The third-order valence-corrected chi connectivity index (χ3v) is 6.06. The van der Waals surface area contributed by atoms with Gasteiger partial charge in [0.2, 0.25) is 0 Å². The van der Waals surface area contributed by atoms with Crippen LogP contribution in [0.2, 0.25) is 0 Å². The van der Waals surface area contributed by atoms with E-state index in [1.165, 1.54) is 11.1 Å². The predicted octanol–water partition coefficient (Wildman–Crippen LogP) is 3.63. The Labute approximate surface area is 186 Å². The molecule has 6 nitrogen and oxygen atoms in total. The summed E-state index contributed by atoms with van der Waals surface area (Å²) in [6.07, 6.45) is 8.46. The second-order valence-electron chi connectivity index (χ2n) is 8.42. The van der Waals surface area contributed by atoms with Crippen molar-refractivity contribution in [3.63, 3.8) is 0 Å². The van der Waals surface area contributed by atoms with Gasteiger partial charge in [-0.15, -0.1) is 0 Å². The van der Waals surface area contributed by atoms with E-state index < -0.39 is 0 Å². The molecule has 0 saturated carbocycles. The zero-order valence-corrected chi connectivity index (χ0v) is 17.9. The van der Waals surface area contributed by atoms with Crippen molar-refractivity contribution < 1.29 is 9.90 Å². The minimum Gasteiger partial charge on any atom is -0.394 e. The van der Waals surface area contributed by atoms with Crippen LogP contribution in [-0.4, -0.2) is 38.4 Å². The van der Waals surface area contributed by atoms with E-state index in [4.69, 9.17) is 0 Å². The summed E-state index contributed by atoms with van der Waals surface area (Å²) >= 11 is 0. The van der Waals surface area contributed by atoms with E-state index in [0.29, 0.717) is 17.8 Å². The van der Waals surface area contributed by atoms with Crippen molar-refractivity contribution in [2.24, 2.45) is 0 Å². The lowest BCUT2D eigenvalue weighted by Crippen LogP contribution is -2.39. The Bertz CT molecular complexity index is 1250. The van der Waals surface area contributed by atoms with Crippen LogP contribution in [0.15, 0.2) is 67.0 Å². The summed E-state index contributed by atoms with van der Waals surface area (Å²) < 4.78 is 1.67. The first kappa shape index (κ1) is 20.4. The summed E-state index contributed by atoms with van der Waals surface area (Å²) in [6, 6.07) is 17.9. The fourth-order valence-electron chi connectivity index (χ4n) is 4.31. The van der Waals surface area contributed by atoms with Crippen LogP contribution in [0.4, 0.5) is 0 Å². The smallest absolute Gasteiger partial charge is 0.255 e. The molecule has 2 aromatic heterocycles. The van der Waals surface area contributed by atoms with Gasteiger partial charge in [0.25, 0.3) is 5.91 Å². The number of aryl methyl sites for hydroxylation is 2. The lowest BCUT2D eigenvalue weighted by atomic mass is 10.0. The van der Waals surface area contributed by atoms with Crippen molar-refractivity contribution in [2.75, 3.05) is 6.61 Å². The van der Waals surface area contributed by atoms with Gasteiger partial charge < -0.3 is 10.4 Å². The Morgan fingerprint density at radius 1 is 1.00 bits per heavy atom. The van der Waals surface area contributed by atoms with Crippen molar-refractivity contribution >= 4 is 16.8 Å². The summed E-state index contributed by atoms with van der Waals surface area (Å²) in [5.74, 6) is 0.198. The molecule has 4 aromatic rings. The Kier molecular flexibility index (Phi) is 5.69. The van der Waals surface area contributed by atoms with Crippen LogP contribution in [-0.2, 0) is 19.3 Å². The molecule has 1 amide bonds. The summed E-state index contributed by atoms with van der Waals surface area (Å²) in [6.45, 7) is -0.141. The number of amides is 1. The molecule has 0 unspecified atom stereocenters. The van der Waals surface area contributed by atoms with Crippen molar-refractivity contribution in [1.82, 2.24) is 20.1 Å². The molecule has 0 saturated heterocycles. The summed E-state index contributed by atoms with van der Waals surface area (Å²) in [5.41, 5.74) is 4.98. The third-order valence-electron chi connectivity index (χ3n) is 6.06. The van der Waals surface area contributed by atoms with E-state index in [2.05, 4.69) is 51.8 Å². The SMILES string of the molecule is O=C1N[C@H](CO)Cc2ccc(cc2)CCCCc2ccc3nn(cc3c2)-c2ncccc21. The number of nitrogens with zero attached hydrogens (tertiary/aromatic N) is 3. The predicted molar refractivity (Wildman–Crippen MR) is 124 cm³/mol. The van der Waals surface area contributed by atoms with Crippen molar-refractivity contribution in [2.45, 2.75) is 38.1 Å². The van der Waals surface area contributed by atoms with Crippen molar-refractivity contribution in [3.8, 4) is 5.82 Å². The number of benzene rings is 2. The van der Waals surface area contributed by atoms with Gasteiger partial charge in [-0.2, -0.15) is 5.10 Å². The van der Waals surface area contributed by atoms with Crippen LogP contribution in [0.5, 0.6) is 0 Å². The molecular formula is C26H26N4O2. The minimum absolute atomic E-state index is 0.141. The molecule has 0 aliphatic carbocycles. The van der Waals surface area contributed by atoms with Crippen LogP contribution in [0, 0.1) is 0 Å². The molecule has 2 aliphatic heterocycles. The standard InChI is InChI=1S/C26H26N4O2/c31-17-22-15-20-9-7-18(8-10-20)4-1-2-5-19-11-12-24-21(14-19)16-30(29-24)25-23(26(32)28-22)6-3-13-27-25/h3,6-14,16,22,31H,1-2,4-5,15,17H2,(H,28,32)/t22-/m0/s1. The topological polar surface area (TPSA) is 80.0 Å². The van der Waals surface area contributed by atoms with Gasteiger partial charge in [0, 0.05) is 17.8 Å². The van der Waals surface area contributed by atoms with Crippen LogP contribution in [0.3, 0.4) is 0 Å². The summed E-state index contributed by atoms with van der Waals surface area (Å²) in [4.78, 5) is 17.6. The zero-order chi connectivity index (χ0) is 21.9. The number of hydrogen-bond donors (Lipinski definition) is 2. The number of aromatic nitrogens is 3. The fraction of sp³-hybridized carbons (Fsp3) is 0.269. The quantitative estimate of drug-likeness (QED) is 0.487. The maximum Gasteiger partial charge on any atom is 0.255 e. The molecule has 2 aliphatic rings. The first-order valence-corrected chi connectivity index (χ1v) is 11.1. The first-order valence-electron chi connectivity index (χ1n) is 11.1. The molecule has 0 fully saturated rings. The van der Waals surface area contributed by atoms with E-state index in [0.717, 1.165) is 42.1 Å². The molecule has 32 heavy (non-hydrogen) atoms. The molecule has 1 atom stereocenters. The number of pyridine rings is 1. The third kappa shape index (κ3) is 4.27. The molecular weight excluding hydrogens is 400 g/mol. The van der Waals surface area contributed by atoms with Crippen LogP contribution in [0.1, 0.15) is 39.9 Å². The maximum absolute atomic E-state index is 13.1. The highest BCUT2D eigenvalue weighted by Gasteiger charge is 2.19. The maximum atomic E-state index is 13.1. The average Bonchev–Trinajstić information content (AvgIpc) is 3.25. The monoisotopic (exact) mass is 426 g/mol. The number of nitrogens with one attached hydrogen (secondary N) is 1. The molecule has 5 bridgehead atoms. The van der Waals surface area contributed by atoms with E-state index in [1.807, 2.05) is 12.3 Å².